The molecule has 118 valence electrons. The lowest BCUT2D eigenvalue weighted by atomic mass is 10.1. The van der Waals surface area contributed by atoms with Crippen LogP contribution in [0, 0.1) is 10.1 Å². The van der Waals surface area contributed by atoms with Crippen LogP contribution in [0.2, 0.25) is 0 Å². The largest absolute Gasteiger partial charge is 0.348 e. The molecule has 0 saturated heterocycles. The van der Waals surface area contributed by atoms with Gasteiger partial charge in [-0.2, -0.15) is 5.10 Å². The van der Waals surface area contributed by atoms with Gasteiger partial charge in [-0.1, -0.05) is 0 Å². The van der Waals surface area contributed by atoms with E-state index in [1.165, 1.54) is 35.5 Å². The van der Waals surface area contributed by atoms with E-state index in [1.54, 1.807) is 6.92 Å². The van der Waals surface area contributed by atoms with E-state index >= 15 is 0 Å². The monoisotopic (exact) mass is 326 g/mol. The number of nitrogens with zero attached hydrogens (tertiary/aromatic N) is 4. The van der Waals surface area contributed by atoms with Crippen LogP contribution in [0.25, 0.3) is 5.69 Å². The fraction of sp³-hybridized carbons (Fsp3) is 0.250. The highest BCUT2D eigenvalue weighted by atomic mass is 35.5. The number of amides is 1. The molecule has 1 atom stereocenters. The highest BCUT2D eigenvalue weighted by Crippen LogP contribution is 2.23. The molecule has 0 aliphatic rings. The molecule has 1 amide bonds. The van der Waals surface area contributed by atoms with Gasteiger partial charge in [0.25, 0.3) is 11.6 Å². The summed E-state index contributed by atoms with van der Waals surface area (Å²) in [4.78, 5) is 26.3. The number of benzene rings is 1. The summed E-state index contributed by atoms with van der Waals surface area (Å²) < 4.78 is 1.27. The summed E-state index contributed by atoms with van der Waals surface area (Å²) >= 11 is 0. The number of carbonyl (C=O) groups excluding carboxylic acids is 1. The third kappa shape index (κ3) is 3.77. The zero-order valence-electron chi connectivity index (χ0n) is 11.7. The van der Waals surface area contributed by atoms with Gasteiger partial charge in [-0.15, -0.1) is 12.4 Å². The van der Waals surface area contributed by atoms with Gasteiger partial charge in [0.15, 0.2) is 0 Å². The van der Waals surface area contributed by atoms with Gasteiger partial charge in [-0.05, 0) is 19.1 Å². The van der Waals surface area contributed by atoms with E-state index in [0.717, 1.165) is 0 Å². The minimum absolute atomic E-state index is 0. The summed E-state index contributed by atoms with van der Waals surface area (Å²) in [6.07, 6.45) is 2.62. The van der Waals surface area contributed by atoms with Gasteiger partial charge < -0.3 is 11.1 Å². The number of hydrogen-bond donors (Lipinski definition) is 2. The number of rotatable bonds is 5. The lowest BCUT2D eigenvalue weighted by Crippen LogP contribution is -2.37. The number of nitro benzene ring substituents is 1. The van der Waals surface area contributed by atoms with Crippen LogP contribution in [0.1, 0.15) is 17.3 Å². The predicted molar refractivity (Wildman–Crippen MR) is 81.2 cm³/mol. The second kappa shape index (κ2) is 7.48. The number of halogens is 1. The van der Waals surface area contributed by atoms with E-state index in [0.29, 0.717) is 0 Å². The molecule has 0 bridgehead atoms. The van der Waals surface area contributed by atoms with Gasteiger partial charge in [-0.25, -0.2) is 9.67 Å². The minimum atomic E-state index is -0.569. The minimum Gasteiger partial charge on any atom is -0.348 e. The van der Waals surface area contributed by atoms with Gasteiger partial charge in [0.05, 0.1) is 4.92 Å². The predicted octanol–water partition coefficient (Wildman–Crippen LogP) is 0.674. The average Bonchev–Trinajstić information content (AvgIpc) is 3.00. The van der Waals surface area contributed by atoms with Crippen molar-refractivity contribution in [2.75, 3.05) is 6.54 Å². The number of carbonyl (C=O) groups is 1. The van der Waals surface area contributed by atoms with Crippen molar-refractivity contribution in [3.8, 4) is 5.69 Å². The van der Waals surface area contributed by atoms with Crippen LogP contribution in [0.3, 0.4) is 0 Å². The third-order valence-electron chi connectivity index (χ3n) is 2.83. The maximum absolute atomic E-state index is 12.0. The second-order valence-corrected chi connectivity index (χ2v) is 4.41. The Kier molecular flexibility index (Phi) is 5.96. The van der Waals surface area contributed by atoms with Crippen LogP contribution >= 0.6 is 12.4 Å². The van der Waals surface area contributed by atoms with E-state index in [-0.39, 0.29) is 41.9 Å². The van der Waals surface area contributed by atoms with Crippen molar-refractivity contribution in [3.05, 3.63) is 46.5 Å². The molecular formula is C12H15ClN6O3. The quantitative estimate of drug-likeness (QED) is 0.613. The van der Waals surface area contributed by atoms with Crippen LogP contribution < -0.4 is 11.1 Å². The maximum Gasteiger partial charge on any atom is 0.295 e. The molecule has 1 heterocycles. The molecule has 2 aromatic rings. The first-order valence-corrected chi connectivity index (χ1v) is 6.17. The molecule has 2 rings (SSSR count). The van der Waals surface area contributed by atoms with E-state index < -0.39 is 10.8 Å². The molecule has 0 fully saturated rings. The van der Waals surface area contributed by atoms with Crippen molar-refractivity contribution >= 4 is 24.0 Å². The van der Waals surface area contributed by atoms with Crippen LogP contribution in [0.4, 0.5) is 5.69 Å². The molecule has 0 aliphatic carbocycles. The normalized spacial score (nSPS) is 11.4. The first kappa shape index (κ1) is 17.5. The fourth-order valence-corrected chi connectivity index (χ4v) is 1.70. The highest BCUT2D eigenvalue weighted by molar-refractivity contribution is 5.95. The molecule has 0 saturated carbocycles. The molecular weight excluding hydrogens is 312 g/mol. The summed E-state index contributed by atoms with van der Waals surface area (Å²) in [5.41, 5.74) is 5.62. The zero-order chi connectivity index (χ0) is 15.4. The highest BCUT2D eigenvalue weighted by Gasteiger charge is 2.19. The SMILES string of the molecule is C[C@@H](CN)NC(=O)c1ccc(-n2cncn2)c([N+](=O)[O-])c1.Cl. The van der Waals surface area contributed by atoms with Gasteiger partial charge in [-0.3, -0.25) is 14.9 Å². The summed E-state index contributed by atoms with van der Waals surface area (Å²) in [7, 11) is 0. The van der Waals surface area contributed by atoms with Gasteiger partial charge in [0, 0.05) is 24.2 Å². The number of nitrogens with one attached hydrogen (secondary N) is 1. The Hall–Kier alpha value is -2.52. The Labute approximate surface area is 132 Å². The van der Waals surface area contributed by atoms with E-state index in [9.17, 15) is 14.9 Å². The Morgan fingerprint density at radius 3 is 2.82 bits per heavy atom. The average molecular weight is 327 g/mol. The molecule has 0 spiro atoms. The molecule has 9 nitrogen and oxygen atoms in total. The zero-order valence-corrected chi connectivity index (χ0v) is 12.5. The molecule has 0 aliphatic heterocycles. The first-order chi connectivity index (χ1) is 10.0. The third-order valence-corrected chi connectivity index (χ3v) is 2.83. The fourth-order valence-electron chi connectivity index (χ4n) is 1.70. The summed E-state index contributed by atoms with van der Waals surface area (Å²) in [5, 5.41) is 17.7. The maximum atomic E-state index is 12.0. The van der Waals surface area contributed by atoms with E-state index in [1.807, 2.05) is 0 Å². The molecule has 22 heavy (non-hydrogen) atoms. The summed E-state index contributed by atoms with van der Waals surface area (Å²) in [6.45, 7) is 2.03. The number of nitro groups is 1. The number of aromatic nitrogens is 3. The van der Waals surface area contributed by atoms with Crippen molar-refractivity contribution < 1.29 is 9.72 Å². The second-order valence-electron chi connectivity index (χ2n) is 4.41. The van der Waals surface area contributed by atoms with Crippen molar-refractivity contribution in [3.63, 3.8) is 0 Å². The Morgan fingerprint density at radius 1 is 1.55 bits per heavy atom. The molecule has 0 unspecified atom stereocenters. The number of nitrogens with two attached hydrogens (primary N) is 1. The summed E-state index contributed by atoms with van der Waals surface area (Å²) in [6, 6.07) is 3.93. The molecule has 1 aromatic heterocycles. The van der Waals surface area contributed by atoms with Crippen LogP contribution in [-0.4, -0.2) is 38.2 Å². The summed E-state index contributed by atoms with van der Waals surface area (Å²) in [5.74, 6) is -0.416. The Balaban J connectivity index is 0.00000242. The smallest absolute Gasteiger partial charge is 0.295 e. The van der Waals surface area contributed by atoms with Gasteiger partial charge >= 0.3 is 0 Å². The van der Waals surface area contributed by atoms with Crippen LogP contribution in [0.5, 0.6) is 0 Å². The van der Waals surface area contributed by atoms with Crippen LogP contribution in [-0.2, 0) is 0 Å². The van der Waals surface area contributed by atoms with Crippen molar-refractivity contribution in [2.24, 2.45) is 5.73 Å². The van der Waals surface area contributed by atoms with E-state index in [4.69, 9.17) is 5.73 Å². The van der Waals surface area contributed by atoms with Gasteiger partial charge in [0.1, 0.15) is 18.3 Å². The van der Waals surface area contributed by atoms with E-state index in [2.05, 4.69) is 15.4 Å². The van der Waals surface area contributed by atoms with Crippen molar-refractivity contribution in [1.82, 2.24) is 20.1 Å². The first-order valence-electron chi connectivity index (χ1n) is 6.17. The van der Waals surface area contributed by atoms with Crippen LogP contribution in [0.15, 0.2) is 30.9 Å². The standard InChI is InChI=1S/C12H14N6O3.ClH/c1-8(5-13)16-12(19)9-2-3-10(11(4-9)18(20)21)17-7-14-6-15-17;/h2-4,6-8H,5,13H2,1H3,(H,16,19);1H/t8-;/m0./s1. The van der Waals surface area contributed by atoms with Crippen molar-refractivity contribution in [1.29, 1.82) is 0 Å². The van der Waals surface area contributed by atoms with Crippen molar-refractivity contribution in [2.45, 2.75) is 13.0 Å². The molecule has 3 N–H and O–H groups in total. The Morgan fingerprint density at radius 2 is 2.27 bits per heavy atom. The molecule has 1 aromatic carbocycles. The number of hydrogen-bond acceptors (Lipinski definition) is 6. The topological polar surface area (TPSA) is 129 Å². The lowest BCUT2D eigenvalue weighted by molar-refractivity contribution is -0.384. The molecule has 10 heteroatoms. The van der Waals surface area contributed by atoms with Gasteiger partial charge in [0.2, 0.25) is 0 Å². The lowest BCUT2D eigenvalue weighted by Gasteiger charge is -2.11. The Bertz CT molecular complexity index is 661. The molecule has 0 radical (unpaired) electrons.